The second-order valence-electron chi connectivity index (χ2n) is 4.06. The number of carbonyl (C=O) groups is 1. The second-order valence-corrected chi connectivity index (χ2v) is 4.06. The Bertz CT molecular complexity index is 390. The Kier molecular flexibility index (Phi) is 4.76. The largest absolute Gasteiger partial charge is 0.497 e. The van der Waals surface area contributed by atoms with Gasteiger partial charge < -0.3 is 9.47 Å². The Hall–Kier alpha value is -1.77. The van der Waals surface area contributed by atoms with E-state index in [0.717, 1.165) is 11.3 Å². The van der Waals surface area contributed by atoms with Crippen molar-refractivity contribution in [2.24, 2.45) is 5.92 Å². The van der Waals surface area contributed by atoms with Crippen molar-refractivity contribution in [3.8, 4) is 5.75 Å². The molecule has 17 heavy (non-hydrogen) atoms. The van der Waals surface area contributed by atoms with Crippen molar-refractivity contribution in [2.75, 3.05) is 13.7 Å². The Labute approximate surface area is 102 Å². The first-order valence-electron chi connectivity index (χ1n) is 5.53. The highest BCUT2D eigenvalue weighted by molar-refractivity contribution is 5.82. The molecule has 92 valence electrons. The fourth-order valence-corrected chi connectivity index (χ4v) is 1.19. The van der Waals surface area contributed by atoms with Crippen LogP contribution in [-0.2, 0) is 9.53 Å². The van der Waals surface area contributed by atoms with Crippen LogP contribution in [-0.4, -0.2) is 19.5 Å². The molecule has 0 fully saturated rings. The lowest BCUT2D eigenvalue weighted by molar-refractivity contribution is -0.124. The molecule has 0 aromatic heterocycles. The fourth-order valence-electron chi connectivity index (χ4n) is 1.19. The molecular formula is C14H18O3. The number of Topliss-reactive ketones (excluding diaryl/α,β-unsaturated/α-hetero) is 1. The predicted octanol–water partition coefficient (Wildman–Crippen LogP) is 2.91. The highest BCUT2D eigenvalue weighted by Gasteiger charge is 2.09. The van der Waals surface area contributed by atoms with Gasteiger partial charge in [0.25, 0.3) is 0 Å². The number of ketones is 1. The molecule has 0 aliphatic heterocycles. The van der Waals surface area contributed by atoms with E-state index in [2.05, 4.69) is 6.58 Å². The van der Waals surface area contributed by atoms with Crippen molar-refractivity contribution in [3.63, 3.8) is 0 Å². The van der Waals surface area contributed by atoms with Gasteiger partial charge in [0.1, 0.15) is 18.1 Å². The van der Waals surface area contributed by atoms with E-state index in [1.807, 2.05) is 38.1 Å². The third-order valence-electron chi connectivity index (χ3n) is 2.44. The van der Waals surface area contributed by atoms with Gasteiger partial charge in [-0.2, -0.15) is 0 Å². The van der Waals surface area contributed by atoms with Crippen molar-refractivity contribution in [1.82, 2.24) is 0 Å². The summed E-state index contributed by atoms with van der Waals surface area (Å²) in [6.07, 6.45) is 0. The summed E-state index contributed by atoms with van der Waals surface area (Å²) in [5.41, 5.74) is 0.849. The summed E-state index contributed by atoms with van der Waals surface area (Å²) in [5.74, 6) is 1.33. The molecule has 0 amide bonds. The number of hydrogen-bond acceptors (Lipinski definition) is 3. The molecule has 0 heterocycles. The van der Waals surface area contributed by atoms with Crippen molar-refractivity contribution in [3.05, 3.63) is 36.4 Å². The highest BCUT2D eigenvalue weighted by Crippen LogP contribution is 2.18. The molecule has 0 unspecified atom stereocenters. The van der Waals surface area contributed by atoms with Crippen LogP contribution in [0.15, 0.2) is 30.8 Å². The molecule has 0 spiro atoms. The average Bonchev–Trinajstić information content (AvgIpc) is 2.35. The maximum Gasteiger partial charge on any atom is 0.172 e. The number of hydrogen-bond donors (Lipinski definition) is 0. The lowest BCUT2D eigenvalue weighted by atomic mass is 10.1. The van der Waals surface area contributed by atoms with Gasteiger partial charge in [0.2, 0.25) is 0 Å². The average molecular weight is 234 g/mol. The summed E-state index contributed by atoms with van der Waals surface area (Å²) < 4.78 is 10.4. The van der Waals surface area contributed by atoms with Gasteiger partial charge in [0, 0.05) is 11.5 Å². The van der Waals surface area contributed by atoms with Gasteiger partial charge in [-0.05, 0) is 24.3 Å². The maximum absolute atomic E-state index is 11.4. The van der Waals surface area contributed by atoms with E-state index in [9.17, 15) is 4.79 Å². The fraction of sp³-hybridized carbons (Fsp3) is 0.357. The van der Waals surface area contributed by atoms with Crippen LogP contribution in [0.3, 0.4) is 0 Å². The molecule has 0 bridgehead atoms. The van der Waals surface area contributed by atoms with E-state index < -0.39 is 0 Å². The monoisotopic (exact) mass is 234 g/mol. The Morgan fingerprint density at radius 2 is 1.88 bits per heavy atom. The van der Waals surface area contributed by atoms with E-state index in [1.165, 1.54) is 0 Å². The predicted molar refractivity (Wildman–Crippen MR) is 67.8 cm³/mol. The van der Waals surface area contributed by atoms with E-state index in [1.54, 1.807) is 7.11 Å². The molecular weight excluding hydrogens is 216 g/mol. The van der Waals surface area contributed by atoms with Crippen molar-refractivity contribution in [1.29, 1.82) is 0 Å². The molecule has 1 rings (SSSR count). The molecule has 1 aromatic carbocycles. The van der Waals surface area contributed by atoms with Crippen LogP contribution >= 0.6 is 0 Å². The van der Waals surface area contributed by atoms with Gasteiger partial charge in [-0.15, -0.1) is 0 Å². The minimum atomic E-state index is -0.0151. The molecule has 0 radical (unpaired) electrons. The van der Waals surface area contributed by atoms with Gasteiger partial charge in [-0.25, -0.2) is 0 Å². The van der Waals surface area contributed by atoms with Gasteiger partial charge in [0.05, 0.1) is 7.11 Å². The SMILES string of the molecule is C=C(OCC(=O)C(C)C)c1ccc(OC)cc1. The Balaban J connectivity index is 2.55. The van der Waals surface area contributed by atoms with Gasteiger partial charge in [0.15, 0.2) is 5.78 Å². The van der Waals surface area contributed by atoms with Crippen LogP contribution in [0.1, 0.15) is 19.4 Å². The van der Waals surface area contributed by atoms with Crippen LogP contribution in [0.2, 0.25) is 0 Å². The molecule has 0 aliphatic carbocycles. The molecule has 0 saturated carbocycles. The molecule has 3 nitrogen and oxygen atoms in total. The zero-order chi connectivity index (χ0) is 12.8. The summed E-state index contributed by atoms with van der Waals surface area (Å²) in [4.78, 5) is 11.4. The van der Waals surface area contributed by atoms with Gasteiger partial charge >= 0.3 is 0 Å². The Morgan fingerprint density at radius 3 is 2.35 bits per heavy atom. The summed E-state index contributed by atoms with van der Waals surface area (Å²) in [6.45, 7) is 7.57. The molecule has 0 atom stereocenters. The third-order valence-corrected chi connectivity index (χ3v) is 2.44. The lowest BCUT2D eigenvalue weighted by Crippen LogP contribution is -2.14. The smallest absolute Gasteiger partial charge is 0.172 e. The quantitative estimate of drug-likeness (QED) is 0.710. The van der Waals surface area contributed by atoms with Gasteiger partial charge in [-0.3, -0.25) is 4.79 Å². The minimum Gasteiger partial charge on any atom is -0.497 e. The summed E-state index contributed by atoms with van der Waals surface area (Å²) in [5, 5.41) is 0. The van der Waals surface area contributed by atoms with Crippen LogP contribution < -0.4 is 4.74 Å². The summed E-state index contributed by atoms with van der Waals surface area (Å²) in [6, 6.07) is 7.35. The van der Waals surface area contributed by atoms with E-state index in [4.69, 9.17) is 9.47 Å². The van der Waals surface area contributed by atoms with Crippen molar-refractivity contribution in [2.45, 2.75) is 13.8 Å². The zero-order valence-corrected chi connectivity index (χ0v) is 10.5. The molecule has 0 saturated heterocycles. The van der Waals surface area contributed by atoms with Crippen LogP contribution in [0.4, 0.5) is 0 Å². The number of benzene rings is 1. The first-order chi connectivity index (χ1) is 8.04. The van der Waals surface area contributed by atoms with Crippen LogP contribution in [0.25, 0.3) is 5.76 Å². The second kappa shape index (κ2) is 6.09. The summed E-state index contributed by atoms with van der Waals surface area (Å²) in [7, 11) is 1.61. The summed E-state index contributed by atoms with van der Waals surface area (Å²) >= 11 is 0. The molecule has 0 N–H and O–H groups in total. The molecule has 0 aliphatic rings. The van der Waals surface area contributed by atoms with Crippen LogP contribution in [0.5, 0.6) is 5.75 Å². The van der Waals surface area contributed by atoms with Gasteiger partial charge in [-0.1, -0.05) is 20.4 Å². The van der Waals surface area contributed by atoms with E-state index >= 15 is 0 Å². The first kappa shape index (κ1) is 13.3. The number of carbonyl (C=O) groups excluding carboxylic acids is 1. The normalized spacial score (nSPS) is 10.1. The number of ether oxygens (including phenoxy) is 2. The standard InChI is InChI=1S/C14H18O3/c1-10(2)14(15)9-17-11(3)12-5-7-13(16-4)8-6-12/h5-8,10H,3,9H2,1-2,4H3. The highest BCUT2D eigenvalue weighted by atomic mass is 16.5. The number of methoxy groups -OCH3 is 1. The van der Waals surface area contributed by atoms with Crippen molar-refractivity contribution < 1.29 is 14.3 Å². The molecule has 3 heteroatoms. The molecule has 1 aromatic rings. The lowest BCUT2D eigenvalue weighted by Gasteiger charge is -2.10. The van der Waals surface area contributed by atoms with E-state index in [-0.39, 0.29) is 18.3 Å². The first-order valence-corrected chi connectivity index (χ1v) is 5.53. The minimum absolute atomic E-state index is 0.0151. The zero-order valence-electron chi connectivity index (χ0n) is 10.5. The maximum atomic E-state index is 11.4. The van der Waals surface area contributed by atoms with E-state index in [0.29, 0.717) is 5.76 Å². The Morgan fingerprint density at radius 1 is 1.29 bits per heavy atom. The third kappa shape index (κ3) is 3.94. The van der Waals surface area contributed by atoms with Crippen LogP contribution in [0, 0.1) is 5.92 Å². The number of rotatable bonds is 6. The topological polar surface area (TPSA) is 35.5 Å². The van der Waals surface area contributed by atoms with Crippen molar-refractivity contribution >= 4 is 11.5 Å².